The predicted molar refractivity (Wildman–Crippen MR) is 143 cm³/mol. The van der Waals surface area contributed by atoms with Crippen LogP contribution in [0.5, 0.6) is 0 Å². The predicted octanol–water partition coefficient (Wildman–Crippen LogP) is 3.57. The van der Waals surface area contributed by atoms with Crippen molar-refractivity contribution in [3.05, 3.63) is 40.9 Å². The van der Waals surface area contributed by atoms with Crippen LogP contribution in [0, 0.1) is 5.82 Å². The zero-order chi connectivity index (χ0) is 24.5. The van der Waals surface area contributed by atoms with Crippen molar-refractivity contribution in [1.29, 1.82) is 0 Å². The van der Waals surface area contributed by atoms with Crippen LogP contribution in [0.4, 0.5) is 15.9 Å². The summed E-state index contributed by atoms with van der Waals surface area (Å²) < 4.78 is 25.2. The van der Waals surface area contributed by atoms with Gasteiger partial charge in [0.25, 0.3) is 0 Å². The lowest BCUT2D eigenvalue weighted by atomic mass is 9.97. The van der Waals surface area contributed by atoms with Gasteiger partial charge in [0.2, 0.25) is 0 Å². The quantitative estimate of drug-likeness (QED) is 0.467. The van der Waals surface area contributed by atoms with E-state index >= 15 is 0 Å². The van der Waals surface area contributed by atoms with Crippen LogP contribution in [0.3, 0.4) is 0 Å². The number of rotatable bonds is 7. The minimum atomic E-state index is -0.201. The summed E-state index contributed by atoms with van der Waals surface area (Å²) in [5.41, 5.74) is 3.68. The molecule has 11 heteroatoms. The molecule has 0 aliphatic carbocycles. The topological polar surface area (TPSA) is 75.6 Å². The van der Waals surface area contributed by atoms with Crippen LogP contribution in [0.2, 0.25) is 0 Å². The van der Waals surface area contributed by atoms with Gasteiger partial charge < -0.3 is 14.4 Å². The number of halogens is 1. The number of benzene rings is 1. The Hall–Kier alpha value is -2.07. The van der Waals surface area contributed by atoms with Gasteiger partial charge >= 0.3 is 0 Å². The van der Waals surface area contributed by atoms with Gasteiger partial charge in [-0.15, -0.1) is 0 Å². The molecule has 36 heavy (non-hydrogen) atoms. The van der Waals surface area contributed by atoms with E-state index in [9.17, 15) is 4.39 Å². The van der Waals surface area contributed by atoms with Crippen molar-refractivity contribution in [2.75, 3.05) is 57.5 Å². The van der Waals surface area contributed by atoms with Gasteiger partial charge in [0.05, 0.1) is 18.6 Å². The Kier molecular flexibility index (Phi) is 7.24. The largest absolute Gasteiger partial charge is 0.381 e. The molecule has 3 aliphatic heterocycles. The van der Waals surface area contributed by atoms with Crippen LogP contribution in [0.15, 0.2) is 24.5 Å². The van der Waals surface area contributed by atoms with Crippen molar-refractivity contribution in [3.63, 3.8) is 0 Å². The zero-order valence-corrected chi connectivity index (χ0v) is 21.9. The lowest BCUT2D eigenvalue weighted by molar-refractivity contribution is 0.0367. The lowest BCUT2D eigenvalue weighted by Crippen LogP contribution is -2.38. The first-order valence-electron chi connectivity index (χ1n) is 12.6. The molecular formula is C25H30FN6O2PS. The Labute approximate surface area is 216 Å². The summed E-state index contributed by atoms with van der Waals surface area (Å²) in [6.45, 7) is 6.72. The maximum absolute atomic E-state index is 14.3. The van der Waals surface area contributed by atoms with Crippen LogP contribution in [0.25, 0.3) is 10.3 Å². The number of hydrogen-bond acceptors (Lipinski definition) is 8. The van der Waals surface area contributed by atoms with Gasteiger partial charge in [-0.05, 0) is 49.6 Å². The Bertz CT molecular complexity index is 1250. The number of hydrogen-bond donors (Lipinski definition) is 1. The average molecular weight is 529 g/mol. The number of anilines is 2. The second-order valence-corrected chi connectivity index (χ2v) is 11.0. The summed E-state index contributed by atoms with van der Waals surface area (Å²) in [7, 11) is 3.77. The van der Waals surface area contributed by atoms with Crippen molar-refractivity contribution in [2.45, 2.75) is 31.2 Å². The van der Waals surface area contributed by atoms with Gasteiger partial charge in [-0.1, -0.05) is 20.2 Å². The Balaban J connectivity index is 1.26. The van der Waals surface area contributed by atoms with E-state index in [1.165, 1.54) is 17.4 Å². The standard InChI is InChI=1S/C25H30FN6O2PS/c26-17-1-2-20-19(13-17)16(3-6-31-7-11-34-12-8-31)14-32(20)22-21-24(28-15-27-22)36-25(30-21)23(35)29-18-4-9-33-10-5-18/h1-2,13,15-16,18,29,35H,3-12,14H2. The molecule has 0 bridgehead atoms. The Morgan fingerprint density at radius 1 is 1.14 bits per heavy atom. The number of morpholine rings is 1. The summed E-state index contributed by atoms with van der Waals surface area (Å²) >= 11 is 1.53. The van der Waals surface area contributed by atoms with Crippen LogP contribution in [-0.2, 0) is 9.47 Å². The summed E-state index contributed by atoms with van der Waals surface area (Å²) in [4.78, 5) is 19.5. The van der Waals surface area contributed by atoms with Crippen molar-refractivity contribution in [2.24, 2.45) is 0 Å². The molecule has 1 N–H and O–H groups in total. The van der Waals surface area contributed by atoms with Gasteiger partial charge in [-0.25, -0.2) is 19.3 Å². The van der Waals surface area contributed by atoms with E-state index < -0.39 is 0 Å². The minimum Gasteiger partial charge on any atom is -0.381 e. The van der Waals surface area contributed by atoms with Gasteiger partial charge in [0, 0.05) is 50.5 Å². The summed E-state index contributed by atoms with van der Waals surface area (Å²) in [5, 5.41) is 4.39. The van der Waals surface area contributed by atoms with Crippen molar-refractivity contribution < 1.29 is 13.9 Å². The average Bonchev–Trinajstić information content (AvgIpc) is 3.50. The second kappa shape index (κ2) is 10.7. The van der Waals surface area contributed by atoms with Crippen LogP contribution in [-0.4, -0.2) is 83.9 Å². The number of nitrogens with zero attached hydrogens (tertiary/aromatic N) is 5. The molecule has 8 nitrogen and oxygen atoms in total. The zero-order valence-electron chi connectivity index (χ0n) is 20.1. The van der Waals surface area contributed by atoms with E-state index in [4.69, 9.17) is 14.5 Å². The molecule has 5 heterocycles. The van der Waals surface area contributed by atoms with Crippen LogP contribution < -0.4 is 10.2 Å². The van der Waals surface area contributed by atoms with E-state index in [0.717, 1.165) is 110 Å². The molecule has 2 aromatic heterocycles. The van der Waals surface area contributed by atoms with Crippen molar-refractivity contribution in [1.82, 2.24) is 25.2 Å². The summed E-state index contributed by atoms with van der Waals surface area (Å²) in [6.07, 6.45) is 4.49. The first kappa shape index (κ1) is 24.3. The fourth-order valence-electron chi connectivity index (χ4n) is 5.28. The lowest BCUT2D eigenvalue weighted by Gasteiger charge is -2.27. The smallest absolute Gasteiger partial charge is 0.164 e. The monoisotopic (exact) mass is 528 g/mol. The molecule has 3 aromatic rings. The summed E-state index contributed by atoms with van der Waals surface area (Å²) in [6, 6.07) is 5.45. The fourth-order valence-corrected chi connectivity index (χ4v) is 6.51. The van der Waals surface area contributed by atoms with Crippen LogP contribution in [0.1, 0.15) is 35.8 Å². The highest BCUT2D eigenvalue weighted by Crippen LogP contribution is 2.44. The van der Waals surface area contributed by atoms with Gasteiger partial charge in [-0.2, -0.15) is 0 Å². The van der Waals surface area contributed by atoms with Gasteiger partial charge in [0.1, 0.15) is 27.5 Å². The molecule has 0 saturated carbocycles. The van der Waals surface area contributed by atoms with E-state index in [2.05, 4.69) is 33.9 Å². The number of ether oxygens (including phenoxy) is 2. The van der Waals surface area contributed by atoms with Gasteiger partial charge in [0.15, 0.2) is 5.82 Å². The molecule has 6 rings (SSSR count). The van der Waals surface area contributed by atoms with E-state index in [-0.39, 0.29) is 11.7 Å². The molecular weight excluding hydrogens is 498 g/mol. The van der Waals surface area contributed by atoms with Crippen molar-refractivity contribution >= 4 is 47.5 Å². The third-order valence-corrected chi connectivity index (χ3v) is 8.78. The summed E-state index contributed by atoms with van der Waals surface area (Å²) in [5.74, 6) is 0.790. The third-order valence-electron chi connectivity index (χ3n) is 7.24. The van der Waals surface area contributed by atoms with E-state index in [0.29, 0.717) is 6.04 Å². The minimum absolute atomic E-state index is 0.201. The number of thiazole rings is 1. The molecule has 0 amide bonds. The highest BCUT2D eigenvalue weighted by atomic mass is 32.1. The second-order valence-electron chi connectivity index (χ2n) is 9.53. The Morgan fingerprint density at radius 2 is 1.94 bits per heavy atom. The van der Waals surface area contributed by atoms with Crippen LogP contribution >= 0.6 is 20.2 Å². The number of fused-ring (bicyclic) bond motifs is 2. The molecule has 1 atom stereocenters. The molecule has 190 valence electrons. The fraction of sp³-hybridized carbons (Fsp3) is 0.520. The first-order valence-corrected chi connectivity index (χ1v) is 13.9. The highest BCUT2D eigenvalue weighted by Gasteiger charge is 2.33. The van der Waals surface area contributed by atoms with E-state index in [1.54, 1.807) is 12.4 Å². The Morgan fingerprint density at radius 3 is 2.78 bits per heavy atom. The van der Waals surface area contributed by atoms with Crippen molar-refractivity contribution in [3.8, 4) is 0 Å². The molecule has 0 spiro atoms. The molecule has 1 unspecified atom stereocenters. The van der Waals surface area contributed by atoms with E-state index in [1.807, 2.05) is 6.07 Å². The highest BCUT2D eigenvalue weighted by molar-refractivity contribution is 7.28. The number of aromatic nitrogens is 3. The third kappa shape index (κ3) is 5.03. The SMILES string of the molecule is Fc1ccc2c(c1)C(CCN1CCOCC1)CN2c1ncnc2sc(C(=P)NC3CCOCC3)nc12. The molecule has 3 aliphatic rings. The maximum atomic E-state index is 14.3. The van der Waals surface area contributed by atoms with Gasteiger partial charge in [-0.3, -0.25) is 10.2 Å². The normalized spacial score (nSPS) is 21.2. The molecule has 2 saturated heterocycles. The molecule has 2 fully saturated rings. The molecule has 1 aromatic carbocycles. The maximum Gasteiger partial charge on any atom is 0.164 e. The number of nitrogens with one attached hydrogen (secondary N) is 1. The first-order chi connectivity index (χ1) is 17.7. The molecule has 0 radical (unpaired) electrons.